The van der Waals surface area contributed by atoms with Gasteiger partial charge in [-0.1, -0.05) is 41.5 Å². The molecular formula is C18H34O5Si. The van der Waals surface area contributed by atoms with Crippen LogP contribution in [0.25, 0.3) is 0 Å². The van der Waals surface area contributed by atoms with Crippen molar-refractivity contribution in [3.63, 3.8) is 0 Å². The van der Waals surface area contributed by atoms with Crippen molar-refractivity contribution in [3.8, 4) is 0 Å². The van der Waals surface area contributed by atoms with Crippen LogP contribution < -0.4 is 0 Å². The van der Waals surface area contributed by atoms with Crippen LogP contribution in [0.1, 0.15) is 61.8 Å². The third kappa shape index (κ3) is 4.69. The lowest BCUT2D eigenvalue weighted by Gasteiger charge is -2.49. The van der Waals surface area contributed by atoms with Gasteiger partial charge in [-0.05, 0) is 36.4 Å². The second-order valence-electron chi connectivity index (χ2n) is 7.67. The topological polar surface area (TPSA) is 72.8 Å². The quantitative estimate of drug-likeness (QED) is 0.484. The second kappa shape index (κ2) is 8.81. The normalized spacial score (nSPS) is 14.0. The number of ether oxygens (including phenoxy) is 1. The predicted octanol–water partition coefficient (Wildman–Crippen LogP) is 4.53. The van der Waals surface area contributed by atoms with Gasteiger partial charge in [-0.15, -0.1) is 0 Å². The van der Waals surface area contributed by atoms with Crippen molar-refractivity contribution in [3.05, 3.63) is 11.1 Å². The molecule has 0 aliphatic rings. The lowest BCUT2D eigenvalue weighted by Crippen LogP contribution is -2.55. The van der Waals surface area contributed by atoms with E-state index in [0.29, 0.717) is 6.61 Å². The zero-order valence-electron chi connectivity index (χ0n) is 16.6. The van der Waals surface area contributed by atoms with E-state index in [4.69, 9.17) is 14.3 Å². The Morgan fingerprint density at radius 3 is 1.83 bits per heavy atom. The molecule has 0 saturated heterocycles. The van der Waals surface area contributed by atoms with Crippen molar-refractivity contribution in [2.75, 3.05) is 13.7 Å². The molecule has 0 aromatic heterocycles. The Bertz CT molecular complexity index is 484. The third-order valence-corrected chi connectivity index (χ3v) is 11.5. The molecule has 24 heavy (non-hydrogen) atoms. The van der Waals surface area contributed by atoms with Crippen molar-refractivity contribution < 1.29 is 23.9 Å². The van der Waals surface area contributed by atoms with Crippen LogP contribution in [0.15, 0.2) is 11.1 Å². The number of carboxylic acid groups (broad SMARTS) is 1. The Balaban J connectivity index is 5.97. The average Bonchev–Trinajstić information content (AvgIpc) is 2.47. The standard InChI is InChI=1S/C18H34O5Si/c1-12(2)24(13(3)4,18(7,8)10-11-22-9)23-17(21)15(6)14(5)16(19)20/h12-13H,10-11H2,1-9H3,(H,19,20)/b15-14-. The van der Waals surface area contributed by atoms with E-state index in [-0.39, 0.29) is 27.3 Å². The fourth-order valence-electron chi connectivity index (χ4n) is 3.70. The summed E-state index contributed by atoms with van der Waals surface area (Å²) in [7, 11) is -0.912. The van der Waals surface area contributed by atoms with Crippen molar-refractivity contribution in [1.29, 1.82) is 0 Å². The smallest absolute Gasteiger partial charge is 0.331 e. The molecule has 0 saturated carbocycles. The first-order valence-electron chi connectivity index (χ1n) is 8.48. The van der Waals surface area contributed by atoms with E-state index in [1.165, 1.54) is 13.8 Å². The minimum absolute atomic E-state index is 0.0325. The van der Waals surface area contributed by atoms with Gasteiger partial charge in [0, 0.05) is 24.9 Å². The molecule has 0 heterocycles. The van der Waals surface area contributed by atoms with Crippen LogP contribution in [0.2, 0.25) is 16.1 Å². The summed E-state index contributed by atoms with van der Waals surface area (Å²) in [5.74, 6) is -1.60. The van der Waals surface area contributed by atoms with E-state index in [1.54, 1.807) is 7.11 Å². The van der Waals surface area contributed by atoms with E-state index in [0.717, 1.165) is 6.42 Å². The van der Waals surface area contributed by atoms with Gasteiger partial charge in [0.15, 0.2) is 0 Å². The number of hydrogen-bond donors (Lipinski definition) is 1. The summed E-state index contributed by atoms with van der Waals surface area (Å²) < 4.78 is 11.4. The molecule has 140 valence electrons. The van der Waals surface area contributed by atoms with E-state index in [9.17, 15) is 9.59 Å². The summed E-state index contributed by atoms with van der Waals surface area (Å²) in [6.45, 7) is 16.2. The molecule has 0 aromatic carbocycles. The van der Waals surface area contributed by atoms with Crippen molar-refractivity contribution in [2.24, 2.45) is 0 Å². The van der Waals surface area contributed by atoms with Crippen LogP contribution in [0, 0.1) is 0 Å². The second-order valence-corrected chi connectivity index (χ2v) is 13.1. The van der Waals surface area contributed by atoms with Crippen molar-refractivity contribution in [1.82, 2.24) is 0 Å². The lowest BCUT2D eigenvalue weighted by atomic mass is 10.1. The molecular weight excluding hydrogens is 324 g/mol. The summed E-state index contributed by atoms with van der Waals surface area (Å²) in [5.41, 5.74) is 0.603. The summed E-state index contributed by atoms with van der Waals surface area (Å²) in [6, 6.07) is 0. The molecule has 0 radical (unpaired) electrons. The van der Waals surface area contributed by atoms with E-state index in [1.807, 2.05) is 0 Å². The van der Waals surface area contributed by atoms with E-state index in [2.05, 4.69) is 41.5 Å². The molecule has 1 N–H and O–H groups in total. The molecule has 0 unspecified atom stereocenters. The summed E-state index contributed by atoms with van der Waals surface area (Å²) in [4.78, 5) is 23.8. The highest BCUT2D eigenvalue weighted by Crippen LogP contribution is 2.53. The summed E-state index contributed by atoms with van der Waals surface area (Å²) in [5, 5.41) is 8.93. The van der Waals surface area contributed by atoms with Crippen LogP contribution >= 0.6 is 0 Å². The lowest BCUT2D eigenvalue weighted by molar-refractivity contribution is -0.135. The maximum atomic E-state index is 12.7. The number of rotatable bonds is 9. The molecule has 0 amide bonds. The van der Waals surface area contributed by atoms with E-state index >= 15 is 0 Å². The van der Waals surface area contributed by atoms with Crippen LogP contribution in [-0.4, -0.2) is 39.1 Å². The van der Waals surface area contributed by atoms with Gasteiger partial charge in [-0.25, -0.2) is 9.59 Å². The zero-order valence-corrected chi connectivity index (χ0v) is 17.6. The number of methoxy groups -OCH3 is 1. The van der Waals surface area contributed by atoms with Gasteiger partial charge >= 0.3 is 11.9 Å². The molecule has 5 nitrogen and oxygen atoms in total. The molecule has 0 aliphatic carbocycles. The SMILES string of the molecule is COCCC(C)(C)[Si](OC(=O)/C(C)=C(/C)C(=O)O)(C(C)C)C(C)C. The fourth-order valence-corrected chi connectivity index (χ4v) is 9.86. The first kappa shape index (κ1) is 22.9. The van der Waals surface area contributed by atoms with Gasteiger partial charge < -0.3 is 14.3 Å². The maximum absolute atomic E-state index is 12.7. The molecule has 6 heteroatoms. The molecule has 0 aliphatic heterocycles. The number of carbonyl (C=O) groups is 2. The number of carbonyl (C=O) groups excluding carboxylic acids is 1. The molecule has 0 bridgehead atoms. The first-order valence-corrected chi connectivity index (χ1v) is 10.5. The number of carboxylic acids is 1. The Labute approximate surface area is 147 Å². The van der Waals surface area contributed by atoms with Gasteiger partial charge in [0.1, 0.15) is 0 Å². The molecule has 0 atom stereocenters. The zero-order chi connectivity index (χ0) is 19.3. The monoisotopic (exact) mass is 358 g/mol. The Morgan fingerprint density at radius 1 is 1.04 bits per heavy atom. The Kier molecular flexibility index (Phi) is 8.39. The summed E-state index contributed by atoms with van der Waals surface area (Å²) in [6.07, 6.45) is 0.792. The summed E-state index contributed by atoms with van der Waals surface area (Å²) >= 11 is 0. The minimum Gasteiger partial charge on any atom is -0.515 e. The van der Waals surface area contributed by atoms with Crippen molar-refractivity contribution >= 4 is 20.3 Å². The number of aliphatic carboxylic acids is 1. The van der Waals surface area contributed by atoms with Crippen LogP contribution in [0.5, 0.6) is 0 Å². The van der Waals surface area contributed by atoms with E-state index < -0.39 is 20.3 Å². The average molecular weight is 359 g/mol. The maximum Gasteiger partial charge on any atom is 0.331 e. The van der Waals surface area contributed by atoms with Crippen LogP contribution in [0.4, 0.5) is 0 Å². The Hall–Kier alpha value is -1.14. The van der Waals surface area contributed by atoms with Crippen LogP contribution in [-0.2, 0) is 18.8 Å². The highest BCUT2D eigenvalue weighted by Gasteiger charge is 2.56. The highest BCUT2D eigenvalue weighted by atomic mass is 28.4. The van der Waals surface area contributed by atoms with Gasteiger partial charge in [0.2, 0.25) is 0 Å². The van der Waals surface area contributed by atoms with Crippen LogP contribution in [0.3, 0.4) is 0 Å². The van der Waals surface area contributed by atoms with Crippen molar-refractivity contribution in [2.45, 2.75) is 77.9 Å². The Morgan fingerprint density at radius 2 is 1.50 bits per heavy atom. The minimum atomic E-state index is -2.58. The highest BCUT2D eigenvalue weighted by molar-refractivity contribution is 6.80. The van der Waals surface area contributed by atoms with Gasteiger partial charge in [-0.2, -0.15) is 0 Å². The number of hydrogen-bond acceptors (Lipinski definition) is 4. The van der Waals surface area contributed by atoms with Gasteiger partial charge in [0.05, 0.1) is 0 Å². The molecule has 0 spiro atoms. The molecule has 0 fully saturated rings. The van der Waals surface area contributed by atoms with Gasteiger partial charge in [-0.3, -0.25) is 0 Å². The fraction of sp³-hybridized carbons (Fsp3) is 0.778. The molecule has 0 aromatic rings. The first-order chi connectivity index (χ1) is 10.8. The predicted molar refractivity (Wildman–Crippen MR) is 98.6 cm³/mol. The third-order valence-electron chi connectivity index (χ3n) is 5.16. The largest absolute Gasteiger partial charge is 0.515 e. The van der Waals surface area contributed by atoms with Gasteiger partial charge in [0.25, 0.3) is 8.32 Å². The molecule has 0 rings (SSSR count).